The van der Waals surface area contributed by atoms with Crippen LogP contribution in [0.1, 0.15) is 12.5 Å². The van der Waals surface area contributed by atoms with Gasteiger partial charge in [-0.25, -0.2) is 9.82 Å². The maximum absolute atomic E-state index is 13.4. The van der Waals surface area contributed by atoms with Crippen molar-refractivity contribution >= 4 is 17.6 Å². The summed E-state index contributed by atoms with van der Waals surface area (Å²) < 4.78 is 13.4. The van der Waals surface area contributed by atoms with Gasteiger partial charge in [0.05, 0.1) is 0 Å². The molecule has 6 heteroatoms. The van der Waals surface area contributed by atoms with Crippen molar-refractivity contribution in [2.24, 2.45) is 5.84 Å². The predicted octanol–water partition coefficient (Wildman–Crippen LogP) is 1.33. The Morgan fingerprint density at radius 2 is 2.31 bits per heavy atom. The Bertz CT molecular complexity index is 394. The minimum absolute atomic E-state index is 0.131. The highest BCUT2D eigenvalue weighted by atomic mass is 35.5. The van der Waals surface area contributed by atoms with Crippen molar-refractivity contribution in [2.45, 2.75) is 18.9 Å². The average Bonchev–Trinajstić information content (AvgIpc) is 2.23. The largest absolute Gasteiger partial charge is 0.480 e. The molecule has 16 heavy (non-hydrogen) atoms. The zero-order valence-electron chi connectivity index (χ0n) is 8.63. The highest BCUT2D eigenvalue weighted by Crippen LogP contribution is 2.23. The smallest absolute Gasteiger partial charge is 0.325 e. The van der Waals surface area contributed by atoms with Crippen LogP contribution in [0.2, 0.25) is 5.02 Å². The second-order valence-electron chi connectivity index (χ2n) is 3.66. The summed E-state index contributed by atoms with van der Waals surface area (Å²) in [4.78, 5) is 11.0. The molecule has 0 aliphatic carbocycles. The van der Waals surface area contributed by atoms with E-state index in [4.69, 9.17) is 22.6 Å². The number of carboxylic acids is 1. The SMILES string of the molecule is CC(Cc1c(F)cccc1Cl)(NN)C(=O)O. The van der Waals surface area contributed by atoms with Gasteiger partial charge in [-0.2, -0.15) is 0 Å². The number of nitrogens with two attached hydrogens (primary N) is 1. The van der Waals surface area contributed by atoms with E-state index in [0.717, 1.165) is 0 Å². The van der Waals surface area contributed by atoms with Gasteiger partial charge >= 0.3 is 5.97 Å². The van der Waals surface area contributed by atoms with E-state index >= 15 is 0 Å². The van der Waals surface area contributed by atoms with Gasteiger partial charge in [0.2, 0.25) is 0 Å². The Balaban J connectivity index is 3.08. The maximum Gasteiger partial charge on any atom is 0.325 e. The highest BCUT2D eigenvalue weighted by Gasteiger charge is 2.33. The van der Waals surface area contributed by atoms with Gasteiger partial charge in [0, 0.05) is 17.0 Å². The summed E-state index contributed by atoms with van der Waals surface area (Å²) in [5.41, 5.74) is 0.835. The molecule has 0 aliphatic rings. The highest BCUT2D eigenvalue weighted by molar-refractivity contribution is 6.31. The van der Waals surface area contributed by atoms with Crippen LogP contribution < -0.4 is 11.3 Å². The lowest BCUT2D eigenvalue weighted by Gasteiger charge is -2.24. The first-order chi connectivity index (χ1) is 7.40. The third kappa shape index (κ3) is 2.49. The number of hydrogen-bond acceptors (Lipinski definition) is 3. The fraction of sp³-hybridized carbons (Fsp3) is 0.300. The van der Waals surface area contributed by atoms with E-state index in [0.29, 0.717) is 0 Å². The lowest BCUT2D eigenvalue weighted by Crippen LogP contribution is -2.54. The number of hydrazine groups is 1. The van der Waals surface area contributed by atoms with E-state index in [1.807, 2.05) is 0 Å². The number of carboxylic acid groups (broad SMARTS) is 1. The predicted molar refractivity (Wildman–Crippen MR) is 58.5 cm³/mol. The fourth-order valence-electron chi connectivity index (χ4n) is 1.24. The Morgan fingerprint density at radius 1 is 1.69 bits per heavy atom. The van der Waals surface area contributed by atoms with Crippen molar-refractivity contribution in [2.75, 3.05) is 0 Å². The molecule has 0 fully saturated rings. The second kappa shape index (κ2) is 4.78. The molecular formula is C10H12ClFN2O2. The molecule has 0 aliphatic heterocycles. The maximum atomic E-state index is 13.4. The van der Waals surface area contributed by atoms with Gasteiger partial charge in [-0.3, -0.25) is 10.6 Å². The standard InChI is InChI=1S/C10H12ClFN2O2/c1-10(14-13,9(15)16)5-6-7(11)3-2-4-8(6)12/h2-4,14H,5,13H2,1H3,(H,15,16). The normalized spacial score (nSPS) is 14.5. The van der Waals surface area contributed by atoms with Crippen LogP contribution in [0.5, 0.6) is 0 Å². The minimum Gasteiger partial charge on any atom is -0.480 e. The van der Waals surface area contributed by atoms with E-state index in [1.54, 1.807) is 0 Å². The molecular weight excluding hydrogens is 235 g/mol. The first kappa shape index (κ1) is 12.9. The number of aliphatic carboxylic acids is 1. The van der Waals surface area contributed by atoms with Crippen LogP contribution in [0.25, 0.3) is 0 Å². The zero-order valence-corrected chi connectivity index (χ0v) is 9.38. The molecule has 88 valence electrons. The molecule has 1 aromatic carbocycles. The van der Waals surface area contributed by atoms with Gasteiger partial charge in [0.1, 0.15) is 11.4 Å². The third-order valence-corrected chi connectivity index (χ3v) is 2.74. The summed E-state index contributed by atoms with van der Waals surface area (Å²) >= 11 is 5.80. The van der Waals surface area contributed by atoms with Crippen LogP contribution in [0.4, 0.5) is 4.39 Å². The lowest BCUT2D eigenvalue weighted by atomic mass is 9.93. The number of carbonyl (C=O) groups is 1. The van der Waals surface area contributed by atoms with Gasteiger partial charge in [0.15, 0.2) is 0 Å². The van der Waals surface area contributed by atoms with Crippen LogP contribution in [0, 0.1) is 5.82 Å². The van der Waals surface area contributed by atoms with Gasteiger partial charge < -0.3 is 5.11 Å². The molecule has 0 radical (unpaired) electrons. The van der Waals surface area contributed by atoms with Gasteiger partial charge in [-0.05, 0) is 19.1 Å². The van der Waals surface area contributed by atoms with Crippen LogP contribution in [0.15, 0.2) is 18.2 Å². The Hall–Kier alpha value is -1.17. The van der Waals surface area contributed by atoms with E-state index in [1.165, 1.54) is 25.1 Å². The average molecular weight is 247 g/mol. The first-order valence-corrected chi connectivity index (χ1v) is 4.92. The summed E-state index contributed by atoms with van der Waals surface area (Å²) in [5.74, 6) is 3.44. The molecule has 0 aromatic heterocycles. The number of halogens is 2. The van der Waals surface area contributed by atoms with Crippen LogP contribution in [0.3, 0.4) is 0 Å². The molecule has 0 bridgehead atoms. The van der Waals surface area contributed by atoms with Crippen LogP contribution >= 0.6 is 11.6 Å². The molecule has 0 saturated carbocycles. The summed E-state index contributed by atoms with van der Waals surface area (Å²) in [6.45, 7) is 1.36. The molecule has 1 aromatic rings. The quantitative estimate of drug-likeness (QED) is 0.553. The molecule has 1 rings (SSSR count). The van der Waals surface area contributed by atoms with Crippen molar-refractivity contribution < 1.29 is 14.3 Å². The van der Waals surface area contributed by atoms with Gasteiger partial charge in [-0.15, -0.1) is 0 Å². The summed E-state index contributed by atoms with van der Waals surface area (Å²) in [6, 6.07) is 4.17. The fourth-order valence-corrected chi connectivity index (χ4v) is 1.47. The van der Waals surface area contributed by atoms with E-state index in [-0.39, 0.29) is 17.0 Å². The van der Waals surface area contributed by atoms with Gasteiger partial charge in [0.25, 0.3) is 0 Å². The Kier molecular flexibility index (Phi) is 3.85. The topological polar surface area (TPSA) is 75.3 Å². The van der Waals surface area contributed by atoms with Crippen molar-refractivity contribution in [1.29, 1.82) is 0 Å². The van der Waals surface area contributed by atoms with Gasteiger partial charge in [-0.1, -0.05) is 17.7 Å². The minimum atomic E-state index is -1.45. The van der Waals surface area contributed by atoms with Crippen LogP contribution in [-0.2, 0) is 11.2 Å². The Labute approximate surface area is 97.2 Å². The number of nitrogens with one attached hydrogen (secondary N) is 1. The number of rotatable bonds is 4. The number of hydrogen-bond donors (Lipinski definition) is 3. The molecule has 4 nitrogen and oxygen atoms in total. The third-order valence-electron chi connectivity index (χ3n) is 2.38. The summed E-state index contributed by atoms with van der Waals surface area (Å²) in [7, 11) is 0. The van der Waals surface area contributed by atoms with E-state index in [2.05, 4.69) is 5.43 Å². The first-order valence-electron chi connectivity index (χ1n) is 4.55. The van der Waals surface area contributed by atoms with Crippen molar-refractivity contribution in [3.8, 4) is 0 Å². The van der Waals surface area contributed by atoms with Crippen LogP contribution in [-0.4, -0.2) is 16.6 Å². The molecule has 4 N–H and O–H groups in total. The molecule has 0 amide bonds. The summed E-state index contributed by atoms with van der Waals surface area (Å²) in [5, 5.41) is 9.15. The van der Waals surface area contributed by atoms with Crippen molar-refractivity contribution in [1.82, 2.24) is 5.43 Å². The van der Waals surface area contributed by atoms with E-state index in [9.17, 15) is 9.18 Å². The molecule has 0 heterocycles. The zero-order chi connectivity index (χ0) is 12.3. The molecule has 0 saturated heterocycles. The second-order valence-corrected chi connectivity index (χ2v) is 4.07. The Morgan fingerprint density at radius 3 is 2.75 bits per heavy atom. The van der Waals surface area contributed by atoms with Crippen molar-refractivity contribution in [3.63, 3.8) is 0 Å². The molecule has 0 spiro atoms. The summed E-state index contributed by atoms with van der Waals surface area (Å²) in [6.07, 6.45) is -0.135. The number of benzene rings is 1. The van der Waals surface area contributed by atoms with Crippen molar-refractivity contribution in [3.05, 3.63) is 34.6 Å². The monoisotopic (exact) mass is 246 g/mol. The lowest BCUT2D eigenvalue weighted by molar-refractivity contribution is -0.144. The van der Waals surface area contributed by atoms with E-state index < -0.39 is 17.3 Å². The molecule has 1 unspecified atom stereocenters. The molecule has 1 atom stereocenters.